The summed E-state index contributed by atoms with van der Waals surface area (Å²) in [7, 11) is -5.41. The van der Waals surface area contributed by atoms with Crippen molar-refractivity contribution in [3.63, 3.8) is 0 Å². The molecule has 0 spiro atoms. The summed E-state index contributed by atoms with van der Waals surface area (Å²) in [5.74, 6) is -0.955. The summed E-state index contributed by atoms with van der Waals surface area (Å²) in [6.07, 6.45) is 1.92. The molecule has 0 saturated carbocycles. The summed E-state index contributed by atoms with van der Waals surface area (Å²) in [4.78, 5) is 11.2. The van der Waals surface area contributed by atoms with Crippen LogP contribution in [-0.4, -0.2) is 63.9 Å². The minimum absolute atomic E-state index is 0.110. The largest absolute Gasteiger partial charge is 0.358 e. The Kier molecular flexibility index (Phi) is 6.61. The van der Waals surface area contributed by atoms with Crippen LogP contribution >= 0.6 is 0 Å². The molecule has 0 radical (unpaired) electrons. The van der Waals surface area contributed by atoms with Gasteiger partial charge in [0, 0.05) is 20.1 Å². The standard InChI is InChI=1S/C12H24N2O5S2/c1-3-4-9-21(18,19)14-7-5-11(6-8-14)20(16,17)10-12(15)13-2/h11H,3-10H2,1-2H3,(H,13,15). The first-order chi connectivity index (χ1) is 9.73. The van der Waals surface area contributed by atoms with Gasteiger partial charge in [-0.05, 0) is 19.3 Å². The van der Waals surface area contributed by atoms with Crippen molar-refractivity contribution >= 4 is 25.8 Å². The van der Waals surface area contributed by atoms with Crippen LogP contribution in [0.15, 0.2) is 0 Å². The highest BCUT2D eigenvalue weighted by Crippen LogP contribution is 2.21. The molecule has 1 aliphatic heterocycles. The van der Waals surface area contributed by atoms with Crippen LogP contribution in [0, 0.1) is 0 Å². The first kappa shape index (κ1) is 18.4. The molecule has 1 heterocycles. The highest BCUT2D eigenvalue weighted by Gasteiger charge is 2.34. The zero-order chi connectivity index (χ0) is 16.1. The number of sulfone groups is 1. The third-order valence-corrected chi connectivity index (χ3v) is 7.78. The lowest BCUT2D eigenvalue weighted by atomic mass is 10.2. The lowest BCUT2D eigenvalue weighted by molar-refractivity contribution is -0.118. The van der Waals surface area contributed by atoms with Gasteiger partial charge in [-0.2, -0.15) is 0 Å². The van der Waals surface area contributed by atoms with E-state index in [0.29, 0.717) is 6.42 Å². The normalized spacial score (nSPS) is 18.6. The summed E-state index contributed by atoms with van der Waals surface area (Å²) in [6, 6.07) is 0. The first-order valence-electron chi connectivity index (χ1n) is 7.13. The summed E-state index contributed by atoms with van der Waals surface area (Å²) >= 11 is 0. The number of nitrogens with one attached hydrogen (secondary N) is 1. The van der Waals surface area contributed by atoms with Crippen molar-refractivity contribution in [2.75, 3.05) is 31.6 Å². The van der Waals surface area contributed by atoms with Crippen molar-refractivity contribution in [2.24, 2.45) is 0 Å². The fourth-order valence-electron chi connectivity index (χ4n) is 2.30. The summed E-state index contributed by atoms with van der Waals surface area (Å²) in [5, 5.41) is 1.66. The van der Waals surface area contributed by atoms with Crippen LogP contribution in [0.4, 0.5) is 0 Å². The van der Waals surface area contributed by atoms with Crippen LogP contribution in [0.3, 0.4) is 0 Å². The Labute approximate surface area is 127 Å². The third kappa shape index (κ3) is 5.23. The molecule has 1 fully saturated rings. The maximum Gasteiger partial charge on any atom is 0.234 e. The molecule has 0 aromatic carbocycles. The second-order valence-electron chi connectivity index (χ2n) is 5.25. The summed E-state index contributed by atoms with van der Waals surface area (Å²) < 4.78 is 49.6. The molecule has 0 bridgehead atoms. The molecule has 0 aromatic heterocycles. The van der Waals surface area contributed by atoms with Crippen LogP contribution < -0.4 is 5.32 Å². The van der Waals surface area contributed by atoms with Crippen molar-refractivity contribution in [2.45, 2.75) is 37.9 Å². The predicted molar refractivity (Wildman–Crippen MR) is 81.1 cm³/mol. The Bertz CT molecular complexity index is 548. The van der Waals surface area contributed by atoms with Gasteiger partial charge >= 0.3 is 0 Å². The number of piperidine rings is 1. The van der Waals surface area contributed by atoms with E-state index in [9.17, 15) is 21.6 Å². The smallest absolute Gasteiger partial charge is 0.234 e. The van der Waals surface area contributed by atoms with Crippen molar-refractivity contribution < 1.29 is 21.6 Å². The Hall–Kier alpha value is -0.670. The van der Waals surface area contributed by atoms with Crippen LogP contribution in [-0.2, 0) is 24.7 Å². The van der Waals surface area contributed by atoms with Crippen molar-refractivity contribution in [3.05, 3.63) is 0 Å². The van der Waals surface area contributed by atoms with E-state index in [-0.39, 0.29) is 31.7 Å². The Balaban J connectivity index is 2.61. The molecular weight excluding hydrogens is 316 g/mol. The van der Waals surface area contributed by atoms with Gasteiger partial charge in [0.15, 0.2) is 9.84 Å². The molecule has 0 aliphatic carbocycles. The molecular formula is C12H24N2O5S2. The van der Waals surface area contributed by atoms with Gasteiger partial charge in [-0.1, -0.05) is 13.3 Å². The molecule has 9 heteroatoms. The molecule has 0 aromatic rings. The number of rotatable bonds is 7. The second kappa shape index (κ2) is 7.55. The Morgan fingerprint density at radius 2 is 1.76 bits per heavy atom. The molecule has 21 heavy (non-hydrogen) atoms. The van der Waals surface area contributed by atoms with Gasteiger partial charge in [0.2, 0.25) is 15.9 Å². The topological polar surface area (TPSA) is 101 Å². The fraction of sp³-hybridized carbons (Fsp3) is 0.917. The molecule has 1 amide bonds. The average molecular weight is 340 g/mol. The second-order valence-corrected chi connectivity index (χ2v) is 9.62. The Morgan fingerprint density at radius 1 is 1.19 bits per heavy atom. The Morgan fingerprint density at radius 3 is 2.24 bits per heavy atom. The van der Waals surface area contributed by atoms with Crippen molar-refractivity contribution in [1.82, 2.24) is 9.62 Å². The van der Waals surface area contributed by atoms with E-state index in [1.807, 2.05) is 6.92 Å². The van der Waals surface area contributed by atoms with Crippen LogP contribution in [0.2, 0.25) is 0 Å². The van der Waals surface area contributed by atoms with E-state index in [0.717, 1.165) is 6.42 Å². The number of nitrogens with zero attached hydrogens (tertiary/aromatic N) is 1. The first-order valence-corrected chi connectivity index (χ1v) is 10.5. The number of sulfonamides is 1. The number of unbranched alkanes of at least 4 members (excludes halogenated alkanes) is 1. The molecule has 124 valence electrons. The van der Waals surface area contributed by atoms with Crippen LogP contribution in [0.5, 0.6) is 0 Å². The quantitative estimate of drug-likeness (QED) is 0.688. The van der Waals surface area contributed by atoms with E-state index in [2.05, 4.69) is 5.32 Å². The molecule has 7 nitrogen and oxygen atoms in total. The number of hydrogen-bond acceptors (Lipinski definition) is 5. The molecule has 1 saturated heterocycles. The average Bonchev–Trinajstić information content (AvgIpc) is 2.44. The zero-order valence-corrected chi connectivity index (χ0v) is 14.2. The van der Waals surface area contributed by atoms with Gasteiger partial charge in [-0.3, -0.25) is 4.79 Å². The number of amides is 1. The number of carbonyl (C=O) groups excluding carboxylic acids is 1. The third-order valence-electron chi connectivity index (χ3n) is 3.67. The lowest BCUT2D eigenvalue weighted by Gasteiger charge is -2.30. The van der Waals surface area contributed by atoms with E-state index in [1.165, 1.54) is 11.4 Å². The zero-order valence-electron chi connectivity index (χ0n) is 12.5. The maximum atomic E-state index is 12.1. The minimum Gasteiger partial charge on any atom is -0.358 e. The summed E-state index contributed by atoms with van der Waals surface area (Å²) in [5.41, 5.74) is 0. The van der Waals surface area contributed by atoms with Gasteiger partial charge in [0.05, 0.1) is 11.0 Å². The van der Waals surface area contributed by atoms with Gasteiger partial charge in [-0.25, -0.2) is 21.1 Å². The monoisotopic (exact) mass is 340 g/mol. The van der Waals surface area contributed by atoms with E-state index in [1.54, 1.807) is 0 Å². The van der Waals surface area contributed by atoms with Gasteiger partial charge in [0.1, 0.15) is 5.75 Å². The van der Waals surface area contributed by atoms with Crippen molar-refractivity contribution in [1.29, 1.82) is 0 Å². The minimum atomic E-state index is -3.51. The fourth-order valence-corrected chi connectivity index (χ4v) is 5.65. The molecule has 1 N–H and O–H groups in total. The van der Waals surface area contributed by atoms with Gasteiger partial charge < -0.3 is 5.32 Å². The van der Waals surface area contributed by atoms with E-state index in [4.69, 9.17) is 0 Å². The highest BCUT2D eigenvalue weighted by atomic mass is 32.2. The molecule has 1 rings (SSSR count). The number of carbonyl (C=O) groups is 1. The summed E-state index contributed by atoms with van der Waals surface area (Å²) in [6.45, 7) is 2.35. The van der Waals surface area contributed by atoms with E-state index >= 15 is 0 Å². The highest BCUT2D eigenvalue weighted by molar-refractivity contribution is 7.92. The maximum absolute atomic E-state index is 12.1. The predicted octanol–water partition coefficient (Wildman–Crippen LogP) is -0.258. The van der Waals surface area contributed by atoms with E-state index < -0.39 is 36.8 Å². The van der Waals surface area contributed by atoms with Crippen LogP contribution in [0.1, 0.15) is 32.6 Å². The van der Waals surface area contributed by atoms with Crippen LogP contribution in [0.25, 0.3) is 0 Å². The molecule has 1 aliphatic rings. The molecule has 0 atom stereocenters. The van der Waals surface area contributed by atoms with Crippen molar-refractivity contribution in [3.8, 4) is 0 Å². The molecule has 0 unspecified atom stereocenters. The van der Waals surface area contributed by atoms with Gasteiger partial charge in [-0.15, -0.1) is 0 Å². The SMILES string of the molecule is CCCCS(=O)(=O)N1CCC(S(=O)(=O)CC(=O)NC)CC1. The lowest BCUT2D eigenvalue weighted by Crippen LogP contribution is -2.44. The number of hydrogen-bond donors (Lipinski definition) is 1. The van der Waals surface area contributed by atoms with Gasteiger partial charge in [0.25, 0.3) is 0 Å².